The predicted octanol–water partition coefficient (Wildman–Crippen LogP) is 2.48. The number of hydrogen-bond acceptors (Lipinski definition) is 1. The van der Waals surface area contributed by atoms with Crippen molar-refractivity contribution in [2.24, 2.45) is 0 Å². The summed E-state index contributed by atoms with van der Waals surface area (Å²) < 4.78 is 8.19. The molecule has 0 aromatic rings. The molecule has 0 bridgehead atoms. The number of allylic oxidation sites excluding steroid dienone is 4. The first-order chi connectivity index (χ1) is 3.50. The van der Waals surface area contributed by atoms with Gasteiger partial charge in [-0.1, -0.05) is 0 Å². The summed E-state index contributed by atoms with van der Waals surface area (Å²) in [5.74, 6) is 0. The first kappa shape index (κ1) is 22.4. The molecule has 0 N–H and O–H groups in total. The van der Waals surface area contributed by atoms with Crippen molar-refractivity contribution < 1.29 is 21.0 Å². The van der Waals surface area contributed by atoms with E-state index in [1.54, 1.807) is 0 Å². The summed E-state index contributed by atoms with van der Waals surface area (Å²) in [6, 6.07) is 0. The molecule has 1 aliphatic carbocycles. The van der Waals surface area contributed by atoms with Gasteiger partial charge in [0.1, 0.15) is 0 Å². The molecule has 0 saturated heterocycles. The van der Waals surface area contributed by atoms with E-state index in [1.165, 1.54) is 0 Å². The van der Waals surface area contributed by atoms with Gasteiger partial charge < -0.3 is 7.43 Å². The predicted molar refractivity (Wildman–Crippen MR) is 43.2 cm³/mol. The maximum atomic E-state index is 8.19. The Morgan fingerprint density at radius 3 is 1.90 bits per heavy atom. The molecule has 0 heterocycles. The Hall–Kier alpha value is 0.444. The first-order valence-corrected chi connectivity index (χ1v) is 2.47. The second-order valence-corrected chi connectivity index (χ2v) is 1.00. The average Bonchev–Trinajstić information content (AvgIpc) is 2.23. The Morgan fingerprint density at radius 1 is 1.30 bits per heavy atom. The molecule has 1 nitrogen and oxygen atoms in total. The van der Waals surface area contributed by atoms with E-state index in [0.717, 1.165) is 23.8 Å². The van der Waals surface area contributed by atoms with Crippen molar-refractivity contribution >= 4 is 24.8 Å². The summed E-state index contributed by atoms with van der Waals surface area (Å²) in [5.41, 5.74) is 0. The molecule has 10 heavy (non-hydrogen) atoms. The van der Waals surface area contributed by atoms with Crippen molar-refractivity contribution in [3.63, 3.8) is 0 Å². The molecule has 0 amide bonds. The summed E-state index contributed by atoms with van der Waals surface area (Å²) in [5, 5.41) is 0. The second kappa shape index (κ2) is 22.7. The van der Waals surface area contributed by atoms with Gasteiger partial charge in [-0.15, -0.1) is 31.2 Å². The average molecular weight is 220 g/mol. The van der Waals surface area contributed by atoms with Gasteiger partial charge in [-0.25, -0.2) is 12.2 Å². The van der Waals surface area contributed by atoms with Gasteiger partial charge in [-0.2, -0.15) is 6.08 Å². The Kier molecular flexibility index (Phi) is 51.0. The van der Waals surface area contributed by atoms with Crippen molar-refractivity contribution in [2.75, 3.05) is 0 Å². The third-order valence-corrected chi connectivity index (χ3v) is 0.586. The third kappa shape index (κ3) is 15.8. The van der Waals surface area contributed by atoms with Crippen LogP contribution in [-0.4, -0.2) is 0 Å². The zero-order valence-electron chi connectivity index (χ0n) is 5.61. The van der Waals surface area contributed by atoms with E-state index in [0.29, 0.717) is 0 Å². The summed E-state index contributed by atoms with van der Waals surface area (Å²) in [6.07, 6.45) is 10.0. The van der Waals surface area contributed by atoms with Gasteiger partial charge in [0.05, 0.1) is 0 Å². The maximum absolute atomic E-state index is 8.19. The molecule has 59 valence electrons. The Morgan fingerprint density at radius 2 is 1.80 bits per heavy atom. The SMILES string of the molecule is Cl.Cl.[C-]1=CC=CC1.[CH3-].[O]=[V+2]. The van der Waals surface area contributed by atoms with Crippen molar-refractivity contribution in [3.8, 4) is 0 Å². The van der Waals surface area contributed by atoms with Crippen LogP contribution in [-0.2, 0) is 21.0 Å². The molecule has 0 aliphatic heterocycles. The van der Waals surface area contributed by atoms with Gasteiger partial charge in [0.15, 0.2) is 0 Å². The van der Waals surface area contributed by atoms with Crippen LogP contribution in [0.5, 0.6) is 0 Å². The molecular formula is C6H10Cl2OV. The first-order valence-electron chi connectivity index (χ1n) is 1.90. The summed E-state index contributed by atoms with van der Waals surface area (Å²) in [7, 11) is 0. The van der Waals surface area contributed by atoms with Crippen molar-refractivity contribution in [2.45, 2.75) is 6.42 Å². The Bertz CT molecular complexity index is 83.7. The molecule has 0 spiro atoms. The summed E-state index contributed by atoms with van der Waals surface area (Å²) in [4.78, 5) is 0. The zero-order valence-corrected chi connectivity index (χ0v) is 8.64. The molecule has 0 aromatic carbocycles. The fourth-order valence-corrected chi connectivity index (χ4v) is 0.340. The van der Waals surface area contributed by atoms with Crippen molar-refractivity contribution in [1.82, 2.24) is 0 Å². The second-order valence-electron chi connectivity index (χ2n) is 1.00. The molecule has 0 fully saturated rings. The van der Waals surface area contributed by atoms with Crippen LogP contribution in [0.25, 0.3) is 0 Å². The monoisotopic (exact) mass is 219 g/mol. The normalized spacial score (nSPS) is 9.40. The molecule has 0 radical (unpaired) electrons. The molecule has 1 aliphatic rings. The van der Waals surface area contributed by atoms with E-state index in [9.17, 15) is 0 Å². The standard InChI is InChI=1S/C5H5.CH3.2ClH.O.V/c1-2-4-5-3-1;;;;;/h1-3H,4H2;1H3;2*1H;;/q2*-1;;;;+2. The van der Waals surface area contributed by atoms with Gasteiger partial charge in [-0.3, -0.25) is 6.08 Å². The molecular weight excluding hydrogens is 210 g/mol. The van der Waals surface area contributed by atoms with Crippen LogP contribution < -0.4 is 0 Å². The van der Waals surface area contributed by atoms with Crippen LogP contribution in [0.4, 0.5) is 0 Å². The van der Waals surface area contributed by atoms with E-state index in [4.69, 9.17) is 3.67 Å². The van der Waals surface area contributed by atoms with Crippen LogP contribution in [0.1, 0.15) is 6.42 Å². The van der Waals surface area contributed by atoms with Crippen molar-refractivity contribution in [3.05, 3.63) is 31.7 Å². The fourth-order valence-electron chi connectivity index (χ4n) is 0.340. The van der Waals surface area contributed by atoms with Crippen LogP contribution in [0.15, 0.2) is 18.2 Å². The van der Waals surface area contributed by atoms with Gasteiger partial charge in [0, 0.05) is 0 Å². The van der Waals surface area contributed by atoms with Crippen LogP contribution in [0.3, 0.4) is 0 Å². The number of hydrogen-bond donors (Lipinski definition) is 0. The molecule has 0 unspecified atom stereocenters. The minimum atomic E-state index is 0. The van der Waals surface area contributed by atoms with Gasteiger partial charge >= 0.3 is 21.0 Å². The summed E-state index contributed by atoms with van der Waals surface area (Å²) >= 11 is 1.06. The van der Waals surface area contributed by atoms with Crippen LogP contribution in [0, 0.1) is 13.5 Å². The molecule has 0 atom stereocenters. The summed E-state index contributed by atoms with van der Waals surface area (Å²) in [6.45, 7) is 0. The Labute approximate surface area is 84.0 Å². The molecule has 4 heteroatoms. The zero-order chi connectivity index (χ0) is 5.54. The molecule has 0 aromatic heterocycles. The van der Waals surface area contributed by atoms with Gasteiger partial charge in [0.2, 0.25) is 0 Å². The molecule has 1 rings (SSSR count). The number of rotatable bonds is 0. The van der Waals surface area contributed by atoms with Gasteiger partial charge in [0.25, 0.3) is 0 Å². The topological polar surface area (TPSA) is 17.1 Å². The van der Waals surface area contributed by atoms with E-state index in [1.807, 2.05) is 12.2 Å². The van der Waals surface area contributed by atoms with E-state index in [-0.39, 0.29) is 32.2 Å². The fraction of sp³-hybridized carbons (Fsp3) is 0.167. The van der Waals surface area contributed by atoms with Gasteiger partial charge in [-0.05, 0) is 0 Å². The Balaban J connectivity index is -0.0000000337. The van der Waals surface area contributed by atoms with E-state index >= 15 is 0 Å². The molecule has 0 saturated carbocycles. The third-order valence-electron chi connectivity index (χ3n) is 0.586. The minimum absolute atomic E-state index is 0. The number of halogens is 2. The van der Waals surface area contributed by atoms with E-state index < -0.39 is 0 Å². The van der Waals surface area contributed by atoms with Crippen LogP contribution in [0.2, 0.25) is 0 Å². The van der Waals surface area contributed by atoms with E-state index in [2.05, 4.69) is 12.2 Å². The van der Waals surface area contributed by atoms with Crippen molar-refractivity contribution in [1.29, 1.82) is 0 Å². The van der Waals surface area contributed by atoms with Crippen LogP contribution >= 0.6 is 24.8 Å². The quantitative estimate of drug-likeness (QED) is 0.573.